The van der Waals surface area contributed by atoms with Crippen molar-refractivity contribution in [3.63, 3.8) is 0 Å². The topological polar surface area (TPSA) is 41.1 Å². The zero-order chi connectivity index (χ0) is 12.8. The van der Waals surface area contributed by atoms with Gasteiger partial charge in [0.1, 0.15) is 0 Å². The van der Waals surface area contributed by atoms with E-state index in [1.54, 1.807) is 0 Å². The van der Waals surface area contributed by atoms with Crippen molar-refractivity contribution in [1.82, 2.24) is 10.6 Å². The highest BCUT2D eigenvalue weighted by molar-refractivity contribution is 5.83. The molecule has 1 aliphatic carbocycles. The first kappa shape index (κ1) is 13.6. The van der Waals surface area contributed by atoms with E-state index in [1.807, 2.05) is 0 Å². The number of amides is 1. The molecule has 2 aliphatic rings. The lowest BCUT2D eigenvalue weighted by Crippen LogP contribution is -2.50. The molecule has 0 aromatic rings. The van der Waals surface area contributed by atoms with Gasteiger partial charge in [-0.25, -0.2) is 0 Å². The number of piperidine rings is 1. The lowest BCUT2D eigenvalue weighted by atomic mass is 9.77. The average Bonchev–Trinajstić information content (AvgIpc) is 2.92. The minimum absolute atomic E-state index is 0.150. The Morgan fingerprint density at radius 3 is 3.00 bits per heavy atom. The van der Waals surface area contributed by atoms with Crippen LogP contribution >= 0.6 is 0 Å². The van der Waals surface area contributed by atoms with Crippen molar-refractivity contribution in [2.45, 2.75) is 51.9 Å². The van der Waals surface area contributed by atoms with E-state index in [1.165, 1.54) is 24.8 Å². The third-order valence-corrected chi connectivity index (χ3v) is 4.50. The summed E-state index contributed by atoms with van der Waals surface area (Å²) < 4.78 is 0. The van der Waals surface area contributed by atoms with Crippen LogP contribution in [0.5, 0.6) is 0 Å². The van der Waals surface area contributed by atoms with Crippen LogP contribution in [0.3, 0.4) is 0 Å². The number of nitrogens with one attached hydrogen (secondary N) is 2. The van der Waals surface area contributed by atoms with Crippen molar-refractivity contribution in [3.8, 4) is 0 Å². The van der Waals surface area contributed by atoms with Gasteiger partial charge < -0.3 is 10.6 Å². The standard InChI is InChI=1S/C15H26N2O/c1-2-15(9-5-10-16-12-15)14(18)17-11-8-13-6-3-4-7-13/h6,16H,2-5,7-12H2,1H3,(H,17,18). The maximum absolute atomic E-state index is 12.4. The molecule has 1 unspecified atom stereocenters. The smallest absolute Gasteiger partial charge is 0.227 e. The average molecular weight is 250 g/mol. The van der Waals surface area contributed by atoms with Crippen molar-refractivity contribution >= 4 is 5.91 Å². The van der Waals surface area contributed by atoms with E-state index in [0.717, 1.165) is 45.3 Å². The molecule has 1 aliphatic heterocycles. The quantitative estimate of drug-likeness (QED) is 0.736. The molecule has 0 bridgehead atoms. The minimum atomic E-state index is -0.150. The molecule has 1 heterocycles. The Morgan fingerprint density at radius 2 is 2.39 bits per heavy atom. The fraction of sp³-hybridized carbons (Fsp3) is 0.800. The van der Waals surface area contributed by atoms with Gasteiger partial charge in [0.15, 0.2) is 0 Å². The van der Waals surface area contributed by atoms with Crippen molar-refractivity contribution in [2.75, 3.05) is 19.6 Å². The SMILES string of the molecule is CCC1(C(=O)NCCC2=CCCC2)CCCNC1. The molecule has 3 heteroatoms. The molecule has 102 valence electrons. The first-order valence-electron chi connectivity index (χ1n) is 7.44. The molecule has 18 heavy (non-hydrogen) atoms. The summed E-state index contributed by atoms with van der Waals surface area (Å²) in [5.41, 5.74) is 1.38. The predicted octanol–water partition coefficient (Wildman–Crippen LogP) is 2.38. The van der Waals surface area contributed by atoms with Crippen LogP contribution in [0.2, 0.25) is 0 Å². The van der Waals surface area contributed by atoms with E-state index < -0.39 is 0 Å². The normalized spacial score (nSPS) is 27.9. The summed E-state index contributed by atoms with van der Waals surface area (Å²) in [6, 6.07) is 0. The molecular weight excluding hydrogens is 224 g/mol. The van der Waals surface area contributed by atoms with Gasteiger partial charge in [-0.3, -0.25) is 4.79 Å². The molecular formula is C15H26N2O. The van der Waals surface area contributed by atoms with Crippen molar-refractivity contribution in [3.05, 3.63) is 11.6 Å². The number of hydrogen-bond donors (Lipinski definition) is 2. The lowest BCUT2D eigenvalue weighted by Gasteiger charge is -2.35. The second-order valence-electron chi connectivity index (χ2n) is 5.67. The summed E-state index contributed by atoms with van der Waals surface area (Å²) in [5.74, 6) is 0.260. The maximum Gasteiger partial charge on any atom is 0.227 e. The Bertz CT molecular complexity index is 316. The van der Waals surface area contributed by atoms with E-state index in [-0.39, 0.29) is 11.3 Å². The van der Waals surface area contributed by atoms with Crippen molar-refractivity contribution in [1.29, 1.82) is 0 Å². The van der Waals surface area contributed by atoms with Crippen LogP contribution in [0.1, 0.15) is 51.9 Å². The summed E-state index contributed by atoms with van der Waals surface area (Å²) in [6.45, 7) is 4.85. The van der Waals surface area contributed by atoms with Crippen LogP contribution in [0, 0.1) is 5.41 Å². The van der Waals surface area contributed by atoms with Gasteiger partial charge >= 0.3 is 0 Å². The second-order valence-corrected chi connectivity index (χ2v) is 5.67. The molecule has 0 spiro atoms. The van der Waals surface area contributed by atoms with Gasteiger partial charge in [-0.15, -0.1) is 0 Å². The zero-order valence-electron chi connectivity index (χ0n) is 11.6. The molecule has 0 aromatic heterocycles. The van der Waals surface area contributed by atoms with Crippen LogP contribution in [0.4, 0.5) is 0 Å². The second kappa shape index (κ2) is 6.37. The van der Waals surface area contributed by atoms with E-state index in [0.29, 0.717) is 0 Å². The number of rotatable bonds is 5. The first-order valence-corrected chi connectivity index (χ1v) is 7.44. The molecule has 0 radical (unpaired) electrons. The van der Waals surface area contributed by atoms with Crippen LogP contribution in [-0.4, -0.2) is 25.5 Å². The van der Waals surface area contributed by atoms with Gasteiger partial charge in [0.05, 0.1) is 5.41 Å². The summed E-state index contributed by atoms with van der Waals surface area (Å²) in [4.78, 5) is 12.4. The van der Waals surface area contributed by atoms with Crippen molar-refractivity contribution in [2.24, 2.45) is 5.41 Å². The Balaban J connectivity index is 1.78. The Morgan fingerprint density at radius 1 is 1.50 bits per heavy atom. The molecule has 2 rings (SSSR count). The van der Waals surface area contributed by atoms with Gasteiger partial charge in [-0.05, 0) is 51.5 Å². The summed E-state index contributed by atoms with van der Waals surface area (Å²) >= 11 is 0. The van der Waals surface area contributed by atoms with Crippen molar-refractivity contribution < 1.29 is 4.79 Å². The van der Waals surface area contributed by atoms with Gasteiger partial charge in [-0.2, -0.15) is 0 Å². The fourth-order valence-electron chi connectivity index (χ4n) is 3.11. The lowest BCUT2D eigenvalue weighted by molar-refractivity contribution is -0.132. The van der Waals surface area contributed by atoms with Gasteiger partial charge in [0.2, 0.25) is 5.91 Å². The summed E-state index contributed by atoms with van der Waals surface area (Å²) in [6.07, 6.45) is 10.2. The van der Waals surface area contributed by atoms with Crippen LogP contribution in [0.25, 0.3) is 0 Å². The molecule has 1 atom stereocenters. The van der Waals surface area contributed by atoms with Gasteiger partial charge in [0, 0.05) is 13.1 Å². The summed E-state index contributed by atoms with van der Waals surface area (Å²) in [7, 11) is 0. The zero-order valence-corrected chi connectivity index (χ0v) is 11.6. The predicted molar refractivity (Wildman–Crippen MR) is 74.4 cm³/mol. The Kier molecular flexibility index (Phi) is 4.81. The summed E-state index contributed by atoms with van der Waals surface area (Å²) in [5, 5.41) is 6.52. The third-order valence-electron chi connectivity index (χ3n) is 4.50. The highest BCUT2D eigenvalue weighted by Crippen LogP contribution is 2.30. The molecule has 1 amide bonds. The third kappa shape index (κ3) is 3.14. The van der Waals surface area contributed by atoms with Crippen LogP contribution in [0.15, 0.2) is 11.6 Å². The van der Waals surface area contributed by atoms with Crippen LogP contribution in [-0.2, 0) is 4.79 Å². The molecule has 2 N–H and O–H groups in total. The monoisotopic (exact) mass is 250 g/mol. The minimum Gasteiger partial charge on any atom is -0.355 e. The molecule has 0 aromatic carbocycles. The highest BCUT2D eigenvalue weighted by atomic mass is 16.2. The largest absolute Gasteiger partial charge is 0.355 e. The number of hydrogen-bond acceptors (Lipinski definition) is 2. The Labute approximate surface area is 110 Å². The first-order chi connectivity index (χ1) is 8.77. The highest BCUT2D eigenvalue weighted by Gasteiger charge is 2.37. The number of carbonyl (C=O) groups excluding carboxylic acids is 1. The van der Waals surface area contributed by atoms with E-state index in [9.17, 15) is 4.79 Å². The molecule has 1 saturated heterocycles. The Hall–Kier alpha value is -0.830. The van der Waals surface area contributed by atoms with Crippen LogP contribution < -0.4 is 10.6 Å². The molecule has 0 saturated carbocycles. The van der Waals surface area contributed by atoms with E-state index in [2.05, 4.69) is 23.6 Å². The number of allylic oxidation sites excluding steroid dienone is 1. The van der Waals surface area contributed by atoms with Gasteiger partial charge in [-0.1, -0.05) is 18.6 Å². The van der Waals surface area contributed by atoms with E-state index >= 15 is 0 Å². The van der Waals surface area contributed by atoms with Gasteiger partial charge in [0.25, 0.3) is 0 Å². The molecule has 3 nitrogen and oxygen atoms in total. The molecule has 1 fully saturated rings. The maximum atomic E-state index is 12.4. The fourth-order valence-corrected chi connectivity index (χ4v) is 3.11. The number of carbonyl (C=O) groups is 1. The van der Waals surface area contributed by atoms with E-state index in [4.69, 9.17) is 0 Å².